The van der Waals surface area contributed by atoms with Gasteiger partial charge in [-0.1, -0.05) is 50.4 Å². The molecule has 0 heterocycles. The van der Waals surface area contributed by atoms with E-state index in [1.54, 1.807) is 0 Å². The van der Waals surface area contributed by atoms with E-state index in [1.807, 2.05) is 0 Å². The van der Waals surface area contributed by atoms with Crippen molar-refractivity contribution in [1.82, 2.24) is 0 Å². The second-order valence-electron chi connectivity index (χ2n) is 3.77. The van der Waals surface area contributed by atoms with E-state index >= 15 is 0 Å². The summed E-state index contributed by atoms with van der Waals surface area (Å²) >= 11 is 7.40. The molecule has 2 fully saturated rings. The average molecular weight is 280 g/mol. The van der Waals surface area contributed by atoms with Crippen LogP contribution in [-0.2, 0) is 0 Å². The Hall–Kier alpha value is 0.700. The SMILES string of the molecule is C=C1CCCCC12CC2(Br)Br. The molecule has 11 heavy (non-hydrogen) atoms. The fourth-order valence-corrected chi connectivity index (χ4v) is 4.09. The standard InChI is InChI=1S/C9H12Br2/c1-7-4-2-3-5-8(7)6-9(8,10)11/h1-6H2. The lowest BCUT2D eigenvalue weighted by molar-refractivity contribution is 0.438. The first kappa shape index (κ1) is 8.31. The van der Waals surface area contributed by atoms with Gasteiger partial charge in [0.1, 0.15) is 0 Å². The van der Waals surface area contributed by atoms with Crippen LogP contribution in [0.1, 0.15) is 32.1 Å². The highest BCUT2D eigenvalue weighted by Crippen LogP contribution is 2.73. The van der Waals surface area contributed by atoms with Crippen LogP contribution in [0.4, 0.5) is 0 Å². The first-order valence-electron chi connectivity index (χ1n) is 4.15. The number of alkyl halides is 2. The maximum atomic E-state index is 4.17. The van der Waals surface area contributed by atoms with Crippen LogP contribution in [0, 0.1) is 5.41 Å². The molecule has 0 bridgehead atoms. The Morgan fingerprint density at radius 2 is 1.91 bits per heavy atom. The Labute approximate surface area is 84.7 Å². The fraction of sp³-hybridized carbons (Fsp3) is 0.778. The lowest BCUT2D eigenvalue weighted by atomic mass is 9.82. The van der Waals surface area contributed by atoms with E-state index in [9.17, 15) is 0 Å². The molecular formula is C9H12Br2. The van der Waals surface area contributed by atoms with Gasteiger partial charge < -0.3 is 0 Å². The zero-order valence-electron chi connectivity index (χ0n) is 6.50. The van der Waals surface area contributed by atoms with Crippen molar-refractivity contribution in [3.8, 4) is 0 Å². The van der Waals surface area contributed by atoms with E-state index in [1.165, 1.54) is 37.7 Å². The summed E-state index contributed by atoms with van der Waals surface area (Å²) in [4.78, 5) is 0. The van der Waals surface area contributed by atoms with E-state index in [0.29, 0.717) is 5.41 Å². The molecule has 0 aliphatic heterocycles. The van der Waals surface area contributed by atoms with Crippen molar-refractivity contribution in [2.24, 2.45) is 5.41 Å². The minimum absolute atomic E-state index is 0.213. The Morgan fingerprint density at radius 1 is 1.27 bits per heavy atom. The summed E-state index contributed by atoms with van der Waals surface area (Å²) < 4.78 is 0.213. The molecule has 2 aliphatic carbocycles. The third-order valence-corrected chi connectivity index (χ3v) is 5.19. The van der Waals surface area contributed by atoms with Gasteiger partial charge in [0.15, 0.2) is 0 Å². The smallest absolute Gasteiger partial charge is 0.0908 e. The molecular weight excluding hydrogens is 268 g/mol. The minimum atomic E-state index is 0.213. The molecule has 62 valence electrons. The molecule has 2 aliphatic rings. The van der Waals surface area contributed by atoms with Crippen LogP contribution in [0.25, 0.3) is 0 Å². The third-order valence-electron chi connectivity index (χ3n) is 3.11. The lowest BCUT2D eigenvalue weighted by Crippen LogP contribution is -2.15. The summed E-state index contributed by atoms with van der Waals surface area (Å²) in [5, 5.41) is 0. The van der Waals surface area contributed by atoms with E-state index in [0.717, 1.165) is 0 Å². The second kappa shape index (κ2) is 2.35. The molecule has 2 saturated carbocycles. The molecule has 1 spiro atoms. The molecule has 0 nitrogen and oxygen atoms in total. The normalized spacial score (nSPS) is 41.1. The van der Waals surface area contributed by atoms with Gasteiger partial charge in [-0.15, -0.1) is 0 Å². The van der Waals surface area contributed by atoms with Gasteiger partial charge in [-0.2, -0.15) is 0 Å². The van der Waals surface area contributed by atoms with E-state index in [-0.39, 0.29) is 3.23 Å². The van der Waals surface area contributed by atoms with Crippen molar-refractivity contribution in [2.75, 3.05) is 0 Å². The molecule has 1 unspecified atom stereocenters. The first-order chi connectivity index (χ1) is 5.08. The number of allylic oxidation sites excluding steroid dienone is 1. The topological polar surface area (TPSA) is 0 Å². The van der Waals surface area contributed by atoms with Crippen molar-refractivity contribution in [2.45, 2.75) is 35.3 Å². The maximum absolute atomic E-state index is 4.17. The van der Waals surface area contributed by atoms with Gasteiger partial charge in [-0.25, -0.2) is 0 Å². The van der Waals surface area contributed by atoms with Gasteiger partial charge in [0, 0.05) is 5.41 Å². The van der Waals surface area contributed by atoms with Gasteiger partial charge >= 0.3 is 0 Å². The summed E-state index contributed by atoms with van der Waals surface area (Å²) in [6, 6.07) is 0. The van der Waals surface area contributed by atoms with Crippen molar-refractivity contribution in [1.29, 1.82) is 0 Å². The molecule has 0 N–H and O–H groups in total. The Morgan fingerprint density at radius 3 is 2.27 bits per heavy atom. The summed E-state index contributed by atoms with van der Waals surface area (Å²) in [6.07, 6.45) is 6.51. The lowest BCUT2D eigenvalue weighted by Gasteiger charge is -2.26. The number of hydrogen-bond acceptors (Lipinski definition) is 0. The van der Waals surface area contributed by atoms with Crippen molar-refractivity contribution in [3.63, 3.8) is 0 Å². The van der Waals surface area contributed by atoms with Crippen LogP contribution in [0.15, 0.2) is 12.2 Å². The molecule has 0 aromatic carbocycles. The van der Waals surface area contributed by atoms with Gasteiger partial charge in [0.25, 0.3) is 0 Å². The molecule has 0 saturated heterocycles. The summed E-state index contributed by atoms with van der Waals surface area (Å²) in [5.41, 5.74) is 1.88. The molecule has 1 atom stereocenters. The first-order valence-corrected chi connectivity index (χ1v) is 5.73. The van der Waals surface area contributed by atoms with Crippen molar-refractivity contribution < 1.29 is 0 Å². The Kier molecular flexibility index (Phi) is 1.77. The molecule has 0 aromatic rings. The summed E-state index contributed by atoms with van der Waals surface area (Å²) in [7, 11) is 0. The predicted octanol–water partition coefficient (Wildman–Crippen LogP) is 3.99. The number of rotatable bonds is 0. The van der Waals surface area contributed by atoms with E-state index < -0.39 is 0 Å². The predicted molar refractivity (Wildman–Crippen MR) is 55.2 cm³/mol. The Balaban J connectivity index is 2.20. The second-order valence-corrected chi connectivity index (χ2v) is 7.55. The monoisotopic (exact) mass is 278 g/mol. The maximum Gasteiger partial charge on any atom is 0.0908 e. The fourth-order valence-electron chi connectivity index (χ4n) is 2.17. The van der Waals surface area contributed by atoms with Crippen molar-refractivity contribution in [3.05, 3.63) is 12.2 Å². The average Bonchev–Trinajstić information content (AvgIpc) is 2.45. The quantitative estimate of drug-likeness (QED) is 0.465. The highest BCUT2D eigenvalue weighted by molar-refractivity contribution is 9.25. The summed E-state index contributed by atoms with van der Waals surface area (Å²) in [6.45, 7) is 4.17. The van der Waals surface area contributed by atoms with E-state index in [2.05, 4.69) is 38.4 Å². The molecule has 0 aromatic heterocycles. The highest BCUT2D eigenvalue weighted by Gasteiger charge is 2.65. The largest absolute Gasteiger partial charge is 0.0992 e. The van der Waals surface area contributed by atoms with Crippen LogP contribution in [0.5, 0.6) is 0 Å². The van der Waals surface area contributed by atoms with Crippen LogP contribution < -0.4 is 0 Å². The number of hydrogen-bond donors (Lipinski definition) is 0. The molecule has 2 rings (SSSR count). The van der Waals surface area contributed by atoms with Crippen molar-refractivity contribution >= 4 is 31.9 Å². The number of halogens is 2. The van der Waals surface area contributed by atoms with Gasteiger partial charge in [0.05, 0.1) is 3.23 Å². The third kappa shape index (κ3) is 1.06. The van der Waals surface area contributed by atoms with Gasteiger partial charge in [-0.3, -0.25) is 0 Å². The van der Waals surface area contributed by atoms with Crippen LogP contribution in [0.2, 0.25) is 0 Å². The highest BCUT2D eigenvalue weighted by atomic mass is 79.9. The van der Waals surface area contributed by atoms with Crippen LogP contribution in [-0.4, -0.2) is 3.23 Å². The van der Waals surface area contributed by atoms with Gasteiger partial charge in [0.2, 0.25) is 0 Å². The Bertz CT molecular complexity index is 208. The zero-order valence-corrected chi connectivity index (χ0v) is 9.67. The van der Waals surface area contributed by atoms with Gasteiger partial charge in [-0.05, 0) is 25.7 Å². The van der Waals surface area contributed by atoms with E-state index in [4.69, 9.17) is 0 Å². The van der Waals surface area contributed by atoms with Crippen LogP contribution >= 0.6 is 31.9 Å². The van der Waals surface area contributed by atoms with Crippen LogP contribution in [0.3, 0.4) is 0 Å². The molecule has 2 heteroatoms. The zero-order chi connectivity index (χ0) is 8.11. The molecule has 0 radical (unpaired) electrons. The molecule has 0 amide bonds. The summed E-state index contributed by atoms with van der Waals surface area (Å²) in [5.74, 6) is 0. The minimum Gasteiger partial charge on any atom is -0.0992 e.